The molecule has 0 fully saturated rings. The van der Waals surface area contributed by atoms with Crippen LogP contribution in [0.3, 0.4) is 0 Å². The summed E-state index contributed by atoms with van der Waals surface area (Å²) in [6.07, 6.45) is 3.52. The lowest BCUT2D eigenvalue weighted by Gasteiger charge is -2.02. The van der Waals surface area contributed by atoms with E-state index in [4.69, 9.17) is 9.47 Å². The first-order valence-electron chi connectivity index (χ1n) is 6.07. The highest BCUT2D eigenvalue weighted by Gasteiger charge is 1.94. The molecule has 1 aliphatic rings. The maximum absolute atomic E-state index is 5.37. The third-order valence-corrected chi connectivity index (χ3v) is 2.34. The van der Waals surface area contributed by atoms with Crippen LogP contribution >= 0.6 is 0 Å². The van der Waals surface area contributed by atoms with Crippen molar-refractivity contribution in [3.05, 3.63) is 29.6 Å². The summed E-state index contributed by atoms with van der Waals surface area (Å²) in [5, 5.41) is 0. The Morgan fingerprint density at radius 1 is 0.778 bits per heavy atom. The summed E-state index contributed by atoms with van der Waals surface area (Å²) in [6.45, 7) is 3.70. The molecular weight excluding hydrogens is 230 g/mol. The van der Waals surface area contributed by atoms with Crippen molar-refractivity contribution in [3.63, 3.8) is 0 Å². The van der Waals surface area contributed by atoms with Crippen molar-refractivity contribution < 1.29 is 9.47 Å². The van der Waals surface area contributed by atoms with Crippen molar-refractivity contribution in [3.8, 4) is 0 Å². The number of rotatable bonds is 0. The summed E-state index contributed by atoms with van der Waals surface area (Å²) in [6, 6.07) is 5.78. The molecule has 0 spiro atoms. The third-order valence-electron chi connectivity index (χ3n) is 2.34. The van der Waals surface area contributed by atoms with Gasteiger partial charge in [-0.2, -0.15) is 0 Å². The molecule has 0 amide bonds. The Balaban J connectivity index is 2.03. The molecule has 2 bridgehead atoms. The first kappa shape index (κ1) is 12.9. The highest BCUT2D eigenvalue weighted by atomic mass is 16.5. The monoisotopic (exact) mass is 247 g/mol. The van der Waals surface area contributed by atoms with Gasteiger partial charge in [-0.3, -0.25) is 9.98 Å². The van der Waals surface area contributed by atoms with Gasteiger partial charge in [-0.25, -0.2) is 4.98 Å². The summed E-state index contributed by atoms with van der Waals surface area (Å²) in [4.78, 5) is 12.9. The quantitative estimate of drug-likeness (QED) is 0.686. The number of nitrogens with zero attached hydrogens (tertiary/aromatic N) is 3. The Kier molecular flexibility index (Phi) is 5.49. The van der Waals surface area contributed by atoms with Gasteiger partial charge >= 0.3 is 0 Å². The first-order valence-corrected chi connectivity index (χ1v) is 6.07. The Hall–Kier alpha value is -1.59. The van der Waals surface area contributed by atoms with Crippen LogP contribution in [0.25, 0.3) is 0 Å². The Bertz CT molecular complexity index is 383. The van der Waals surface area contributed by atoms with Crippen LogP contribution in [0.2, 0.25) is 0 Å². The summed E-state index contributed by atoms with van der Waals surface area (Å²) in [5.41, 5.74) is 1.68. The topological polar surface area (TPSA) is 56.1 Å². The van der Waals surface area contributed by atoms with Crippen LogP contribution in [0.5, 0.6) is 0 Å². The van der Waals surface area contributed by atoms with E-state index in [1.165, 1.54) is 0 Å². The number of fused-ring (bicyclic) bond motifs is 2. The minimum atomic E-state index is 0.602. The Morgan fingerprint density at radius 3 is 1.89 bits per heavy atom. The second kappa shape index (κ2) is 7.68. The van der Waals surface area contributed by atoms with Crippen molar-refractivity contribution in [2.75, 3.05) is 39.5 Å². The van der Waals surface area contributed by atoms with E-state index in [1.807, 2.05) is 18.2 Å². The summed E-state index contributed by atoms with van der Waals surface area (Å²) >= 11 is 0. The number of ether oxygens (including phenoxy) is 2. The molecule has 0 unspecified atom stereocenters. The number of aromatic nitrogens is 1. The van der Waals surface area contributed by atoms with Crippen LogP contribution in [-0.2, 0) is 9.47 Å². The predicted molar refractivity (Wildman–Crippen MR) is 70.8 cm³/mol. The normalized spacial score (nSPS) is 18.0. The highest BCUT2D eigenvalue weighted by Crippen LogP contribution is 1.95. The molecule has 5 nitrogen and oxygen atoms in total. The molecule has 5 heteroatoms. The van der Waals surface area contributed by atoms with Crippen LogP contribution in [0.4, 0.5) is 0 Å². The minimum absolute atomic E-state index is 0.602. The molecule has 0 aromatic carbocycles. The van der Waals surface area contributed by atoms with Crippen molar-refractivity contribution >= 4 is 12.4 Å². The molecule has 0 radical (unpaired) electrons. The molecule has 0 saturated carbocycles. The largest absolute Gasteiger partial charge is 0.377 e. The molecule has 18 heavy (non-hydrogen) atoms. The number of pyridine rings is 1. The van der Waals surface area contributed by atoms with Gasteiger partial charge in [0, 0.05) is 12.4 Å². The van der Waals surface area contributed by atoms with Crippen LogP contribution in [0.15, 0.2) is 28.2 Å². The van der Waals surface area contributed by atoms with Crippen LogP contribution in [0.1, 0.15) is 11.4 Å². The Morgan fingerprint density at radius 2 is 1.33 bits per heavy atom. The molecule has 0 N–H and O–H groups in total. The molecule has 2 heterocycles. The fourth-order valence-corrected chi connectivity index (χ4v) is 1.49. The summed E-state index contributed by atoms with van der Waals surface area (Å²) in [7, 11) is 0. The molecule has 0 saturated heterocycles. The van der Waals surface area contributed by atoms with Crippen LogP contribution < -0.4 is 0 Å². The zero-order valence-corrected chi connectivity index (χ0v) is 10.3. The maximum Gasteiger partial charge on any atom is 0.0815 e. The average molecular weight is 247 g/mol. The molecule has 0 aliphatic carbocycles. The van der Waals surface area contributed by atoms with Gasteiger partial charge < -0.3 is 9.47 Å². The van der Waals surface area contributed by atoms with Crippen LogP contribution in [0, 0.1) is 0 Å². The molecular formula is C13H17N3O2. The van der Waals surface area contributed by atoms with Gasteiger partial charge in [0.05, 0.1) is 50.9 Å². The average Bonchev–Trinajstić information content (AvgIpc) is 2.40. The van der Waals surface area contributed by atoms with E-state index < -0.39 is 0 Å². The Labute approximate surface area is 107 Å². The molecule has 0 atom stereocenters. The predicted octanol–water partition coefficient (Wildman–Crippen LogP) is 0.966. The third kappa shape index (κ3) is 4.73. The van der Waals surface area contributed by atoms with Crippen molar-refractivity contribution in [1.29, 1.82) is 0 Å². The molecule has 2 rings (SSSR count). The molecule has 96 valence electrons. The zero-order valence-electron chi connectivity index (χ0n) is 10.3. The number of hydrogen-bond donors (Lipinski definition) is 0. The van der Waals surface area contributed by atoms with E-state index in [0.29, 0.717) is 39.5 Å². The SMILES string of the molecule is C1=NCCOCCOCCN=Cc2cccc1n2. The summed E-state index contributed by atoms with van der Waals surface area (Å²) in [5.74, 6) is 0. The van der Waals surface area contributed by atoms with E-state index in [1.54, 1.807) is 12.4 Å². The fourth-order valence-electron chi connectivity index (χ4n) is 1.49. The standard InChI is InChI=1S/C13H17N3O2/c1-2-12-10-14-4-6-17-8-9-18-7-5-15-11-13(3-1)16-12/h1-3,10-11H,4-9H2. The maximum atomic E-state index is 5.37. The van der Waals surface area contributed by atoms with Gasteiger partial charge in [0.2, 0.25) is 0 Å². The van der Waals surface area contributed by atoms with Gasteiger partial charge in [-0.15, -0.1) is 0 Å². The molecule has 1 aliphatic heterocycles. The molecule has 1 aromatic rings. The lowest BCUT2D eigenvalue weighted by atomic mass is 10.3. The van der Waals surface area contributed by atoms with E-state index >= 15 is 0 Å². The number of aliphatic imine (C=N–C) groups is 2. The van der Waals surface area contributed by atoms with E-state index in [9.17, 15) is 0 Å². The van der Waals surface area contributed by atoms with Gasteiger partial charge in [0.1, 0.15) is 0 Å². The highest BCUT2D eigenvalue weighted by molar-refractivity contribution is 5.81. The smallest absolute Gasteiger partial charge is 0.0815 e. The minimum Gasteiger partial charge on any atom is -0.377 e. The first-order chi connectivity index (χ1) is 8.95. The van der Waals surface area contributed by atoms with Gasteiger partial charge in [-0.1, -0.05) is 6.07 Å². The van der Waals surface area contributed by atoms with Gasteiger partial charge in [-0.05, 0) is 12.1 Å². The lowest BCUT2D eigenvalue weighted by Crippen LogP contribution is -2.08. The van der Waals surface area contributed by atoms with Crippen molar-refractivity contribution in [2.45, 2.75) is 0 Å². The number of hydrogen-bond acceptors (Lipinski definition) is 5. The summed E-state index contributed by atoms with van der Waals surface area (Å²) < 4.78 is 10.7. The van der Waals surface area contributed by atoms with E-state index in [-0.39, 0.29) is 0 Å². The lowest BCUT2D eigenvalue weighted by molar-refractivity contribution is 0.0541. The van der Waals surface area contributed by atoms with Gasteiger partial charge in [0.15, 0.2) is 0 Å². The second-order valence-electron chi connectivity index (χ2n) is 3.78. The zero-order chi connectivity index (χ0) is 12.5. The molecule has 1 aromatic heterocycles. The van der Waals surface area contributed by atoms with Crippen molar-refractivity contribution in [2.24, 2.45) is 9.98 Å². The van der Waals surface area contributed by atoms with Gasteiger partial charge in [0.25, 0.3) is 0 Å². The van der Waals surface area contributed by atoms with E-state index in [0.717, 1.165) is 11.4 Å². The van der Waals surface area contributed by atoms with Crippen LogP contribution in [-0.4, -0.2) is 56.9 Å². The fraction of sp³-hybridized carbons (Fsp3) is 0.462. The van der Waals surface area contributed by atoms with Crippen molar-refractivity contribution in [1.82, 2.24) is 4.98 Å². The second-order valence-corrected chi connectivity index (χ2v) is 3.78. The van der Waals surface area contributed by atoms with E-state index in [2.05, 4.69) is 15.0 Å².